The fraction of sp³-hybridized carbons (Fsp3) is 0.500. The molecule has 1 aromatic carbocycles. The lowest BCUT2D eigenvalue weighted by Crippen LogP contribution is -2.33. The van der Waals surface area contributed by atoms with Gasteiger partial charge in [0.05, 0.1) is 10.8 Å². The number of carbonyl (C=O) groups excluding carboxylic acids is 1. The fourth-order valence-electron chi connectivity index (χ4n) is 3.05. The summed E-state index contributed by atoms with van der Waals surface area (Å²) in [5.74, 6) is 1.54. The monoisotopic (exact) mass is 428 g/mol. The zero-order valence-corrected chi connectivity index (χ0v) is 17.4. The molecule has 0 bridgehead atoms. The van der Waals surface area contributed by atoms with Crippen molar-refractivity contribution in [3.8, 4) is 5.75 Å². The average molecular weight is 429 g/mol. The molecule has 3 rings (SSSR count). The third kappa shape index (κ3) is 5.53. The summed E-state index contributed by atoms with van der Waals surface area (Å²) in [6.07, 6.45) is 4.55. The van der Waals surface area contributed by atoms with E-state index in [-0.39, 0.29) is 12.5 Å². The molecule has 1 amide bonds. The standard InChI is InChI=1S/C18H22Cl2N4O2S/c1-2-24-16(10-26-15-9-12(19)7-8-14(15)20)22-23-18(24)27-11-17(25)21-13-5-3-4-6-13/h7-9,13H,2-6,10-11H2,1H3,(H,21,25). The van der Waals surface area contributed by atoms with Gasteiger partial charge in [-0.15, -0.1) is 10.2 Å². The van der Waals surface area contributed by atoms with Crippen molar-refractivity contribution in [2.45, 2.75) is 57.0 Å². The fourth-order valence-corrected chi connectivity index (χ4v) is 4.22. The normalized spacial score (nSPS) is 14.5. The Balaban J connectivity index is 1.57. The second kappa shape index (κ2) is 9.66. The van der Waals surface area contributed by atoms with Crippen LogP contribution in [0.3, 0.4) is 0 Å². The van der Waals surface area contributed by atoms with E-state index in [2.05, 4.69) is 15.5 Å². The van der Waals surface area contributed by atoms with E-state index in [9.17, 15) is 4.79 Å². The van der Waals surface area contributed by atoms with E-state index < -0.39 is 0 Å². The van der Waals surface area contributed by atoms with E-state index in [1.807, 2.05) is 11.5 Å². The summed E-state index contributed by atoms with van der Waals surface area (Å²) in [4.78, 5) is 12.1. The van der Waals surface area contributed by atoms with Crippen molar-refractivity contribution in [1.29, 1.82) is 0 Å². The molecule has 1 heterocycles. The molecule has 1 aromatic heterocycles. The van der Waals surface area contributed by atoms with Gasteiger partial charge < -0.3 is 14.6 Å². The Kier molecular flexibility index (Phi) is 7.26. The molecule has 1 aliphatic rings. The van der Waals surface area contributed by atoms with Gasteiger partial charge in [0, 0.05) is 23.7 Å². The Morgan fingerprint density at radius 3 is 2.85 bits per heavy atom. The van der Waals surface area contributed by atoms with Crippen molar-refractivity contribution in [3.05, 3.63) is 34.1 Å². The number of rotatable bonds is 8. The van der Waals surface area contributed by atoms with Gasteiger partial charge in [0.25, 0.3) is 0 Å². The number of hydrogen-bond donors (Lipinski definition) is 1. The highest BCUT2D eigenvalue weighted by Crippen LogP contribution is 2.28. The van der Waals surface area contributed by atoms with Crippen LogP contribution in [0.15, 0.2) is 23.4 Å². The quantitative estimate of drug-likeness (QED) is 0.633. The van der Waals surface area contributed by atoms with Crippen LogP contribution in [0.2, 0.25) is 10.0 Å². The predicted molar refractivity (Wildman–Crippen MR) is 108 cm³/mol. The molecule has 1 saturated carbocycles. The van der Waals surface area contributed by atoms with Gasteiger partial charge in [-0.05, 0) is 31.9 Å². The van der Waals surface area contributed by atoms with Crippen LogP contribution in [-0.4, -0.2) is 32.5 Å². The minimum Gasteiger partial charge on any atom is -0.484 e. The van der Waals surface area contributed by atoms with Crippen molar-refractivity contribution in [3.63, 3.8) is 0 Å². The number of amides is 1. The summed E-state index contributed by atoms with van der Waals surface area (Å²) < 4.78 is 7.68. The lowest BCUT2D eigenvalue weighted by Gasteiger charge is -2.12. The summed E-state index contributed by atoms with van der Waals surface area (Å²) in [6.45, 7) is 2.90. The molecule has 0 unspecified atom stereocenters. The first-order valence-electron chi connectivity index (χ1n) is 8.99. The first-order valence-corrected chi connectivity index (χ1v) is 10.7. The molecular weight excluding hydrogens is 407 g/mol. The molecule has 1 fully saturated rings. The number of nitrogens with one attached hydrogen (secondary N) is 1. The molecule has 2 aromatic rings. The largest absolute Gasteiger partial charge is 0.484 e. The lowest BCUT2D eigenvalue weighted by molar-refractivity contribution is -0.119. The summed E-state index contributed by atoms with van der Waals surface area (Å²) in [7, 11) is 0. The number of carbonyl (C=O) groups is 1. The van der Waals surface area contributed by atoms with E-state index in [0.717, 1.165) is 12.8 Å². The topological polar surface area (TPSA) is 69.0 Å². The number of nitrogens with zero attached hydrogens (tertiary/aromatic N) is 3. The highest BCUT2D eigenvalue weighted by atomic mass is 35.5. The summed E-state index contributed by atoms with van der Waals surface area (Å²) in [5, 5.41) is 13.2. The third-order valence-corrected chi connectivity index (χ3v) is 5.93. The van der Waals surface area contributed by atoms with Crippen molar-refractivity contribution in [1.82, 2.24) is 20.1 Å². The van der Waals surface area contributed by atoms with E-state index in [1.54, 1.807) is 18.2 Å². The Morgan fingerprint density at radius 1 is 1.33 bits per heavy atom. The van der Waals surface area contributed by atoms with E-state index >= 15 is 0 Å². The number of benzene rings is 1. The van der Waals surface area contributed by atoms with Crippen LogP contribution >= 0.6 is 35.0 Å². The number of ether oxygens (including phenoxy) is 1. The molecule has 0 saturated heterocycles. The van der Waals surface area contributed by atoms with Crippen molar-refractivity contribution in [2.24, 2.45) is 0 Å². The Hall–Kier alpha value is -1.44. The first kappa shape index (κ1) is 20.3. The Morgan fingerprint density at radius 2 is 2.11 bits per heavy atom. The van der Waals surface area contributed by atoms with Gasteiger partial charge in [-0.1, -0.05) is 47.8 Å². The molecule has 0 radical (unpaired) electrons. The number of thioether (sulfide) groups is 1. The molecule has 27 heavy (non-hydrogen) atoms. The molecule has 6 nitrogen and oxygen atoms in total. The minimum atomic E-state index is 0.0427. The van der Waals surface area contributed by atoms with Crippen molar-refractivity contribution in [2.75, 3.05) is 5.75 Å². The van der Waals surface area contributed by atoms with Crippen LogP contribution in [0.25, 0.3) is 0 Å². The van der Waals surface area contributed by atoms with E-state index in [1.165, 1.54) is 24.6 Å². The number of halogens is 2. The second-order valence-corrected chi connectivity index (χ2v) is 8.13. The van der Waals surface area contributed by atoms with E-state index in [4.69, 9.17) is 27.9 Å². The van der Waals surface area contributed by atoms with Gasteiger partial charge in [0.2, 0.25) is 5.91 Å². The van der Waals surface area contributed by atoms with Crippen LogP contribution in [0.5, 0.6) is 5.75 Å². The number of hydrogen-bond acceptors (Lipinski definition) is 5. The molecule has 0 atom stereocenters. The van der Waals surface area contributed by atoms with Crippen LogP contribution in [-0.2, 0) is 17.9 Å². The predicted octanol–water partition coefficient (Wildman–Crippen LogP) is 4.33. The zero-order valence-electron chi connectivity index (χ0n) is 15.1. The average Bonchev–Trinajstić information content (AvgIpc) is 3.30. The van der Waals surface area contributed by atoms with Gasteiger partial charge in [-0.25, -0.2) is 0 Å². The zero-order chi connectivity index (χ0) is 19.2. The van der Waals surface area contributed by atoms with Crippen LogP contribution in [0.4, 0.5) is 0 Å². The first-order chi connectivity index (χ1) is 13.1. The molecule has 1 aliphatic carbocycles. The van der Waals surface area contributed by atoms with Crippen LogP contribution < -0.4 is 10.1 Å². The lowest BCUT2D eigenvalue weighted by atomic mass is 10.2. The van der Waals surface area contributed by atoms with Gasteiger partial charge in [0.1, 0.15) is 12.4 Å². The summed E-state index contributed by atoms with van der Waals surface area (Å²) >= 11 is 13.5. The van der Waals surface area contributed by atoms with Crippen molar-refractivity contribution < 1.29 is 9.53 Å². The molecule has 0 aliphatic heterocycles. The summed E-state index contributed by atoms with van der Waals surface area (Å²) in [6, 6.07) is 5.39. The van der Waals surface area contributed by atoms with Gasteiger partial charge >= 0.3 is 0 Å². The molecule has 1 N–H and O–H groups in total. The highest BCUT2D eigenvalue weighted by molar-refractivity contribution is 7.99. The van der Waals surface area contributed by atoms with Gasteiger partial charge in [-0.3, -0.25) is 4.79 Å². The number of aromatic nitrogens is 3. The maximum atomic E-state index is 12.1. The van der Waals surface area contributed by atoms with Crippen LogP contribution in [0, 0.1) is 0 Å². The maximum Gasteiger partial charge on any atom is 0.230 e. The smallest absolute Gasteiger partial charge is 0.230 e. The Labute approximate surface area is 173 Å². The second-order valence-electron chi connectivity index (χ2n) is 6.34. The SMILES string of the molecule is CCn1c(COc2cc(Cl)ccc2Cl)nnc1SCC(=O)NC1CCCC1. The van der Waals surface area contributed by atoms with Gasteiger partial charge in [-0.2, -0.15) is 0 Å². The molecule has 146 valence electrons. The minimum absolute atomic E-state index is 0.0427. The molecule has 0 spiro atoms. The summed E-state index contributed by atoms with van der Waals surface area (Å²) in [5.41, 5.74) is 0. The van der Waals surface area contributed by atoms with Crippen LogP contribution in [0.1, 0.15) is 38.4 Å². The molecular formula is C18H22Cl2N4O2S. The van der Waals surface area contributed by atoms with Gasteiger partial charge in [0.15, 0.2) is 11.0 Å². The maximum absolute atomic E-state index is 12.1. The van der Waals surface area contributed by atoms with E-state index in [0.29, 0.717) is 45.1 Å². The van der Waals surface area contributed by atoms with Crippen molar-refractivity contribution >= 4 is 40.9 Å². The third-order valence-electron chi connectivity index (χ3n) is 4.41. The highest BCUT2D eigenvalue weighted by Gasteiger charge is 2.18. The Bertz CT molecular complexity index is 794. The molecule has 9 heteroatoms.